The second-order valence-electron chi connectivity index (χ2n) is 6.67. The Morgan fingerprint density at radius 2 is 1.92 bits per heavy atom. The molecular weight excluding hydrogens is 326 g/mol. The average Bonchev–Trinajstić information content (AvgIpc) is 3.35. The highest BCUT2D eigenvalue weighted by Crippen LogP contribution is 2.21. The quantitative estimate of drug-likeness (QED) is 0.647. The van der Waals surface area contributed by atoms with Gasteiger partial charge in [-0.2, -0.15) is 0 Å². The summed E-state index contributed by atoms with van der Waals surface area (Å²) in [6.45, 7) is 3.19. The summed E-state index contributed by atoms with van der Waals surface area (Å²) < 4.78 is 11.4. The second-order valence-corrected chi connectivity index (χ2v) is 6.67. The van der Waals surface area contributed by atoms with Gasteiger partial charge in [-0.15, -0.1) is 0 Å². The van der Waals surface area contributed by atoms with Crippen LogP contribution in [0, 0.1) is 0 Å². The van der Waals surface area contributed by atoms with E-state index in [1.165, 1.54) is 0 Å². The first-order valence-electron chi connectivity index (χ1n) is 9.12. The molecule has 0 saturated carbocycles. The van der Waals surface area contributed by atoms with Crippen molar-refractivity contribution in [3.05, 3.63) is 72.2 Å². The van der Waals surface area contributed by atoms with Crippen molar-refractivity contribution < 1.29 is 9.26 Å². The van der Waals surface area contributed by atoms with Gasteiger partial charge in [0.2, 0.25) is 0 Å². The molecule has 1 saturated heterocycles. The molecule has 0 spiro atoms. The topological polar surface area (TPSA) is 51.4 Å². The van der Waals surface area contributed by atoms with Crippen molar-refractivity contribution in [2.24, 2.45) is 0 Å². The molecule has 1 aromatic carbocycles. The minimum Gasteiger partial charge on any atom is -0.377 e. The highest BCUT2D eigenvalue weighted by atomic mass is 16.5. The van der Waals surface area contributed by atoms with Crippen molar-refractivity contribution in [2.75, 3.05) is 13.2 Å². The van der Waals surface area contributed by atoms with Crippen molar-refractivity contribution in [3.8, 4) is 11.3 Å². The molecule has 2 aromatic heterocycles. The van der Waals surface area contributed by atoms with Crippen LogP contribution in [0.5, 0.6) is 0 Å². The Balaban J connectivity index is 1.47. The number of rotatable bonds is 7. The normalized spacial score (nSPS) is 17.0. The maximum Gasteiger partial charge on any atom is 0.151 e. The third kappa shape index (κ3) is 4.36. The summed E-state index contributed by atoms with van der Waals surface area (Å²) in [5.41, 5.74) is 2.99. The fourth-order valence-electron chi connectivity index (χ4n) is 3.33. The number of hydrogen-bond acceptors (Lipinski definition) is 5. The Labute approximate surface area is 153 Å². The summed E-state index contributed by atoms with van der Waals surface area (Å²) in [4.78, 5) is 6.79. The van der Waals surface area contributed by atoms with Crippen LogP contribution in [0.2, 0.25) is 0 Å². The van der Waals surface area contributed by atoms with Crippen LogP contribution in [0.1, 0.15) is 24.3 Å². The van der Waals surface area contributed by atoms with E-state index in [4.69, 9.17) is 9.26 Å². The maximum absolute atomic E-state index is 5.83. The predicted molar refractivity (Wildman–Crippen MR) is 99.3 cm³/mol. The molecule has 0 bridgehead atoms. The van der Waals surface area contributed by atoms with Crippen molar-refractivity contribution in [2.45, 2.75) is 32.0 Å². The molecular formula is C21H23N3O2. The van der Waals surface area contributed by atoms with Crippen LogP contribution in [0.4, 0.5) is 0 Å². The largest absolute Gasteiger partial charge is 0.377 e. The predicted octanol–water partition coefficient (Wildman–Crippen LogP) is 3.92. The van der Waals surface area contributed by atoms with Gasteiger partial charge in [0.25, 0.3) is 0 Å². The lowest BCUT2D eigenvalue weighted by Gasteiger charge is -2.23. The van der Waals surface area contributed by atoms with E-state index in [9.17, 15) is 0 Å². The highest BCUT2D eigenvalue weighted by Gasteiger charge is 2.21. The minimum absolute atomic E-state index is 0.287. The number of pyridine rings is 1. The molecule has 0 radical (unpaired) electrons. The van der Waals surface area contributed by atoms with E-state index in [1.807, 2.05) is 54.7 Å². The van der Waals surface area contributed by atoms with Gasteiger partial charge < -0.3 is 9.26 Å². The van der Waals surface area contributed by atoms with Gasteiger partial charge in [-0.25, -0.2) is 0 Å². The van der Waals surface area contributed by atoms with Gasteiger partial charge in [-0.3, -0.25) is 9.88 Å². The Hall–Kier alpha value is -2.50. The molecule has 1 fully saturated rings. The fourth-order valence-corrected chi connectivity index (χ4v) is 3.33. The monoisotopic (exact) mass is 349 g/mol. The summed E-state index contributed by atoms with van der Waals surface area (Å²) in [5.74, 6) is 0.859. The lowest BCUT2D eigenvalue weighted by atomic mass is 10.1. The van der Waals surface area contributed by atoms with E-state index < -0.39 is 0 Å². The lowest BCUT2D eigenvalue weighted by molar-refractivity contribution is 0.0642. The fraction of sp³-hybridized carbons (Fsp3) is 0.333. The van der Waals surface area contributed by atoms with Crippen molar-refractivity contribution >= 4 is 0 Å². The van der Waals surface area contributed by atoms with Crippen LogP contribution in [0.15, 0.2) is 65.3 Å². The maximum atomic E-state index is 5.83. The number of ether oxygens (including phenoxy) is 1. The first-order valence-corrected chi connectivity index (χ1v) is 9.12. The Kier molecular flexibility index (Phi) is 5.38. The second kappa shape index (κ2) is 8.25. The molecule has 5 heteroatoms. The van der Waals surface area contributed by atoms with Gasteiger partial charge in [0, 0.05) is 37.5 Å². The van der Waals surface area contributed by atoms with E-state index >= 15 is 0 Å². The molecule has 1 unspecified atom stereocenters. The number of benzene rings is 1. The summed E-state index contributed by atoms with van der Waals surface area (Å²) in [6.07, 6.45) is 4.38. The van der Waals surface area contributed by atoms with Crippen molar-refractivity contribution in [3.63, 3.8) is 0 Å². The molecule has 3 aromatic rings. The molecule has 3 heterocycles. The van der Waals surface area contributed by atoms with Gasteiger partial charge in [-0.1, -0.05) is 41.6 Å². The zero-order chi connectivity index (χ0) is 17.6. The lowest BCUT2D eigenvalue weighted by Crippen LogP contribution is -2.31. The molecule has 1 aliphatic heterocycles. The van der Waals surface area contributed by atoms with Crippen LogP contribution < -0.4 is 0 Å². The van der Waals surface area contributed by atoms with Gasteiger partial charge >= 0.3 is 0 Å². The van der Waals surface area contributed by atoms with Crippen LogP contribution in [0.25, 0.3) is 11.3 Å². The first-order chi connectivity index (χ1) is 12.9. The molecule has 1 aliphatic rings. The highest BCUT2D eigenvalue weighted by molar-refractivity contribution is 5.58. The molecule has 4 rings (SSSR count). The smallest absolute Gasteiger partial charge is 0.151 e. The molecule has 5 nitrogen and oxygen atoms in total. The third-order valence-corrected chi connectivity index (χ3v) is 4.61. The SMILES string of the molecule is c1ccc(-c2cc(CN(Cc3ccccn3)CC3CCCO3)on2)cc1. The molecule has 0 aliphatic carbocycles. The standard InChI is InChI=1S/C21H23N3O2/c1-2-7-17(8-3-1)21-13-20(26-23-21)16-24(15-19-10-6-12-25-19)14-18-9-4-5-11-22-18/h1-5,7-9,11,13,19H,6,10,12,14-16H2. The summed E-state index contributed by atoms with van der Waals surface area (Å²) >= 11 is 0. The van der Waals surface area contributed by atoms with E-state index in [0.717, 1.165) is 55.2 Å². The molecule has 0 amide bonds. The van der Waals surface area contributed by atoms with Crippen LogP contribution in [-0.2, 0) is 17.8 Å². The molecule has 26 heavy (non-hydrogen) atoms. The summed E-state index contributed by atoms with van der Waals surface area (Å²) in [5, 5.41) is 4.23. The minimum atomic E-state index is 0.287. The summed E-state index contributed by atoms with van der Waals surface area (Å²) in [7, 11) is 0. The van der Waals surface area contributed by atoms with Crippen LogP contribution in [0.3, 0.4) is 0 Å². The zero-order valence-corrected chi connectivity index (χ0v) is 14.8. The summed E-state index contributed by atoms with van der Waals surface area (Å²) in [6, 6.07) is 18.1. The van der Waals surface area contributed by atoms with E-state index in [1.54, 1.807) is 0 Å². The van der Waals surface area contributed by atoms with Crippen molar-refractivity contribution in [1.82, 2.24) is 15.0 Å². The first kappa shape index (κ1) is 16.9. The van der Waals surface area contributed by atoms with Crippen molar-refractivity contribution in [1.29, 1.82) is 0 Å². The third-order valence-electron chi connectivity index (χ3n) is 4.61. The van der Waals surface area contributed by atoms with E-state index in [2.05, 4.69) is 21.1 Å². The average molecular weight is 349 g/mol. The molecule has 0 N–H and O–H groups in total. The van der Waals surface area contributed by atoms with Gasteiger partial charge in [0.15, 0.2) is 5.76 Å². The molecule has 1 atom stereocenters. The zero-order valence-electron chi connectivity index (χ0n) is 14.8. The van der Waals surface area contributed by atoms with E-state index in [0.29, 0.717) is 6.54 Å². The van der Waals surface area contributed by atoms with Gasteiger partial charge in [0.05, 0.1) is 18.3 Å². The van der Waals surface area contributed by atoms with Gasteiger partial charge in [-0.05, 0) is 25.0 Å². The van der Waals surface area contributed by atoms with Gasteiger partial charge in [0.1, 0.15) is 5.69 Å². The van der Waals surface area contributed by atoms with Crippen LogP contribution >= 0.6 is 0 Å². The van der Waals surface area contributed by atoms with E-state index in [-0.39, 0.29) is 6.10 Å². The number of hydrogen-bond donors (Lipinski definition) is 0. The Morgan fingerprint density at radius 1 is 1.04 bits per heavy atom. The Bertz CT molecular complexity index is 798. The number of nitrogens with zero attached hydrogens (tertiary/aromatic N) is 3. The van der Waals surface area contributed by atoms with Crippen LogP contribution in [-0.4, -0.2) is 34.3 Å². The molecule has 134 valence electrons. The number of aromatic nitrogens is 2. The Morgan fingerprint density at radius 3 is 2.69 bits per heavy atom.